The second-order valence-corrected chi connectivity index (χ2v) is 7.95. The Bertz CT molecular complexity index is 831. The highest BCUT2D eigenvalue weighted by Gasteiger charge is 2.24. The van der Waals surface area contributed by atoms with Crippen LogP contribution in [0.1, 0.15) is 28.9 Å². The van der Waals surface area contributed by atoms with Gasteiger partial charge in [-0.15, -0.1) is 0 Å². The smallest absolute Gasteiger partial charge is 0.255 e. The van der Waals surface area contributed by atoms with Gasteiger partial charge in [-0.3, -0.25) is 9.78 Å². The predicted molar refractivity (Wildman–Crippen MR) is 108 cm³/mol. The molecule has 8 heteroatoms. The van der Waals surface area contributed by atoms with E-state index in [-0.39, 0.29) is 5.91 Å². The van der Waals surface area contributed by atoms with Crippen LogP contribution in [-0.2, 0) is 0 Å². The third-order valence-electron chi connectivity index (χ3n) is 5.06. The van der Waals surface area contributed by atoms with Gasteiger partial charge in [0, 0.05) is 67.9 Å². The molecule has 4 heterocycles. The predicted octanol–water partition coefficient (Wildman–Crippen LogP) is 2.51. The number of carbonyl (C=O) groups is 1. The molecule has 0 saturated carbocycles. The van der Waals surface area contributed by atoms with Crippen molar-refractivity contribution >= 4 is 33.6 Å². The molecule has 1 amide bonds. The second-order valence-electron chi connectivity index (χ2n) is 7.03. The first-order valence-corrected chi connectivity index (χ1v) is 10.1. The van der Waals surface area contributed by atoms with Crippen LogP contribution in [0, 0.1) is 6.92 Å². The molecule has 2 aliphatic rings. The maximum atomic E-state index is 12.7. The molecule has 0 aromatic carbocycles. The zero-order chi connectivity index (χ0) is 18.8. The largest absolute Gasteiger partial charge is 0.353 e. The molecule has 0 bridgehead atoms. The lowest BCUT2D eigenvalue weighted by Crippen LogP contribution is -2.49. The Balaban J connectivity index is 1.44. The summed E-state index contributed by atoms with van der Waals surface area (Å²) in [5.41, 5.74) is 1.60. The number of hydrogen-bond donors (Lipinski definition) is 0. The van der Waals surface area contributed by atoms with E-state index < -0.39 is 0 Å². The standard InChI is InChI=1S/C19H23BrN6O/c1-14-10-17(23-19(22-14)26-4-2-3-5-26)24-6-8-25(9-7-24)18(27)15-11-16(20)13-21-12-15/h10-13H,2-9H2,1H3. The number of carbonyl (C=O) groups excluding carboxylic acids is 1. The lowest BCUT2D eigenvalue weighted by Gasteiger charge is -2.35. The average Bonchev–Trinajstić information content (AvgIpc) is 3.22. The lowest BCUT2D eigenvalue weighted by atomic mass is 10.2. The van der Waals surface area contributed by atoms with E-state index in [1.165, 1.54) is 12.8 Å². The number of amides is 1. The van der Waals surface area contributed by atoms with Crippen molar-refractivity contribution in [1.29, 1.82) is 0 Å². The maximum absolute atomic E-state index is 12.7. The van der Waals surface area contributed by atoms with Crippen LogP contribution in [0.3, 0.4) is 0 Å². The number of anilines is 2. The van der Waals surface area contributed by atoms with E-state index >= 15 is 0 Å². The number of rotatable bonds is 3. The zero-order valence-electron chi connectivity index (χ0n) is 15.4. The van der Waals surface area contributed by atoms with Crippen LogP contribution in [0.25, 0.3) is 0 Å². The van der Waals surface area contributed by atoms with Crippen LogP contribution < -0.4 is 9.80 Å². The van der Waals surface area contributed by atoms with Gasteiger partial charge in [-0.2, -0.15) is 4.98 Å². The summed E-state index contributed by atoms with van der Waals surface area (Å²) >= 11 is 3.38. The molecule has 0 atom stereocenters. The number of hydrogen-bond acceptors (Lipinski definition) is 6. The third-order valence-corrected chi connectivity index (χ3v) is 5.49. The topological polar surface area (TPSA) is 65.5 Å². The van der Waals surface area contributed by atoms with Gasteiger partial charge < -0.3 is 14.7 Å². The van der Waals surface area contributed by atoms with E-state index in [2.05, 4.69) is 35.7 Å². The van der Waals surface area contributed by atoms with Crippen molar-refractivity contribution in [3.8, 4) is 0 Å². The minimum absolute atomic E-state index is 0.0278. The molecule has 0 radical (unpaired) electrons. The van der Waals surface area contributed by atoms with E-state index in [0.717, 1.165) is 48.1 Å². The van der Waals surface area contributed by atoms with Gasteiger partial charge in [0.05, 0.1) is 5.56 Å². The van der Waals surface area contributed by atoms with Crippen molar-refractivity contribution in [1.82, 2.24) is 19.9 Å². The Kier molecular flexibility index (Phi) is 5.24. The van der Waals surface area contributed by atoms with Gasteiger partial charge in [-0.1, -0.05) is 0 Å². The number of halogens is 1. The van der Waals surface area contributed by atoms with Crippen LogP contribution in [0.2, 0.25) is 0 Å². The Morgan fingerprint density at radius 2 is 1.70 bits per heavy atom. The Labute approximate surface area is 167 Å². The SMILES string of the molecule is Cc1cc(N2CCN(C(=O)c3cncc(Br)c3)CC2)nc(N2CCCC2)n1. The summed E-state index contributed by atoms with van der Waals surface area (Å²) in [7, 11) is 0. The van der Waals surface area contributed by atoms with Gasteiger partial charge in [0.2, 0.25) is 5.95 Å². The maximum Gasteiger partial charge on any atom is 0.255 e. The molecule has 2 aliphatic heterocycles. The summed E-state index contributed by atoms with van der Waals surface area (Å²) in [6, 6.07) is 3.85. The highest BCUT2D eigenvalue weighted by Crippen LogP contribution is 2.22. The number of piperazine rings is 1. The lowest BCUT2D eigenvalue weighted by molar-refractivity contribution is 0.0746. The van der Waals surface area contributed by atoms with Crippen molar-refractivity contribution in [2.75, 3.05) is 49.1 Å². The molecular formula is C19H23BrN6O. The summed E-state index contributed by atoms with van der Waals surface area (Å²) in [5, 5.41) is 0. The van der Waals surface area contributed by atoms with Gasteiger partial charge >= 0.3 is 0 Å². The number of nitrogens with zero attached hydrogens (tertiary/aromatic N) is 6. The highest BCUT2D eigenvalue weighted by molar-refractivity contribution is 9.10. The van der Waals surface area contributed by atoms with Crippen LogP contribution >= 0.6 is 15.9 Å². The molecule has 2 aromatic heterocycles. The fraction of sp³-hybridized carbons (Fsp3) is 0.474. The van der Waals surface area contributed by atoms with Crippen molar-refractivity contribution in [2.45, 2.75) is 19.8 Å². The number of pyridine rings is 1. The molecule has 0 N–H and O–H groups in total. The monoisotopic (exact) mass is 430 g/mol. The van der Waals surface area contributed by atoms with Crippen LogP contribution in [-0.4, -0.2) is 65.0 Å². The van der Waals surface area contributed by atoms with Crippen molar-refractivity contribution in [2.24, 2.45) is 0 Å². The van der Waals surface area contributed by atoms with E-state index in [1.807, 2.05) is 24.0 Å². The minimum Gasteiger partial charge on any atom is -0.353 e. The van der Waals surface area contributed by atoms with E-state index in [0.29, 0.717) is 18.7 Å². The zero-order valence-corrected chi connectivity index (χ0v) is 17.0. The van der Waals surface area contributed by atoms with Gasteiger partial charge in [-0.05, 0) is 41.8 Å². The fourth-order valence-electron chi connectivity index (χ4n) is 3.61. The summed E-state index contributed by atoms with van der Waals surface area (Å²) in [6.45, 7) is 6.97. The normalized spacial score (nSPS) is 17.5. The first-order chi connectivity index (χ1) is 13.1. The molecule has 7 nitrogen and oxygen atoms in total. The fourth-order valence-corrected chi connectivity index (χ4v) is 3.97. The summed E-state index contributed by atoms with van der Waals surface area (Å²) < 4.78 is 0.817. The van der Waals surface area contributed by atoms with Gasteiger partial charge in [0.15, 0.2) is 0 Å². The van der Waals surface area contributed by atoms with E-state index in [1.54, 1.807) is 12.4 Å². The van der Waals surface area contributed by atoms with Gasteiger partial charge in [0.1, 0.15) is 5.82 Å². The molecule has 142 valence electrons. The van der Waals surface area contributed by atoms with Crippen LogP contribution in [0.4, 0.5) is 11.8 Å². The molecule has 4 rings (SSSR count). The van der Waals surface area contributed by atoms with E-state index in [9.17, 15) is 4.79 Å². The first kappa shape index (κ1) is 18.2. The summed E-state index contributed by atoms with van der Waals surface area (Å²) in [6.07, 6.45) is 5.72. The Hall–Kier alpha value is -2.22. The average molecular weight is 431 g/mol. The highest BCUT2D eigenvalue weighted by atomic mass is 79.9. The second kappa shape index (κ2) is 7.80. The molecule has 0 aliphatic carbocycles. The summed E-state index contributed by atoms with van der Waals surface area (Å²) in [4.78, 5) is 32.6. The third kappa shape index (κ3) is 4.05. The number of aromatic nitrogens is 3. The van der Waals surface area contributed by atoms with Crippen molar-refractivity contribution in [3.63, 3.8) is 0 Å². The van der Waals surface area contributed by atoms with Crippen molar-refractivity contribution < 1.29 is 4.79 Å². The minimum atomic E-state index is 0.0278. The molecule has 2 aromatic rings. The summed E-state index contributed by atoms with van der Waals surface area (Å²) in [5.74, 6) is 1.82. The first-order valence-electron chi connectivity index (χ1n) is 9.35. The van der Waals surface area contributed by atoms with E-state index in [4.69, 9.17) is 4.98 Å². The molecule has 0 spiro atoms. The quantitative estimate of drug-likeness (QED) is 0.744. The molecule has 2 saturated heterocycles. The van der Waals surface area contributed by atoms with Gasteiger partial charge in [0.25, 0.3) is 5.91 Å². The molecule has 27 heavy (non-hydrogen) atoms. The van der Waals surface area contributed by atoms with Crippen LogP contribution in [0.15, 0.2) is 29.0 Å². The molecule has 0 unspecified atom stereocenters. The Morgan fingerprint density at radius 3 is 2.41 bits per heavy atom. The Morgan fingerprint density at radius 1 is 0.963 bits per heavy atom. The number of aryl methyl sites for hydroxylation is 1. The molecular weight excluding hydrogens is 408 g/mol. The molecule has 2 fully saturated rings. The van der Waals surface area contributed by atoms with Crippen molar-refractivity contribution in [3.05, 3.63) is 40.3 Å². The van der Waals surface area contributed by atoms with Gasteiger partial charge in [-0.25, -0.2) is 4.98 Å². The van der Waals surface area contributed by atoms with Crippen LogP contribution in [0.5, 0.6) is 0 Å².